The molecular formula is C17H21N2O5+. The lowest BCUT2D eigenvalue weighted by atomic mass is 10.1. The van der Waals surface area contributed by atoms with E-state index in [2.05, 4.69) is 4.98 Å². The Bertz CT molecular complexity index is 751. The van der Waals surface area contributed by atoms with Crippen molar-refractivity contribution >= 4 is 11.9 Å². The average Bonchev–Trinajstić information content (AvgIpc) is 2.84. The van der Waals surface area contributed by atoms with Gasteiger partial charge < -0.3 is 19.6 Å². The van der Waals surface area contributed by atoms with Gasteiger partial charge in [-0.15, -0.1) is 0 Å². The molecule has 0 aromatic carbocycles. The number of nitrogens with one attached hydrogen (secondary N) is 1. The summed E-state index contributed by atoms with van der Waals surface area (Å²) >= 11 is 0. The number of ether oxygens (including phenoxy) is 2. The molecule has 0 bridgehead atoms. The largest absolute Gasteiger partial charge is 0.503 e. The van der Waals surface area contributed by atoms with Gasteiger partial charge in [-0.2, -0.15) is 4.57 Å². The molecule has 128 valence electrons. The smallest absolute Gasteiger partial charge is 0.355 e. The highest BCUT2D eigenvalue weighted by Gasteiger charge is 2.27. The van der Waals surface area contributed by atoms with Crippen LogP contribution in [0.1, 0.15) is 46.0 Å². The number of esters is 2. The van der Waals surface area contributed by atoms with E-state index in [9.17, 15) is 14.7 Å². The fourth-order valence-corrected chi connectivity index (χ4v) is 2.45. The molecule has 0 aliphatic rings. The van der Waals surface area contributed by atoms with Crippen LogP contribution in [-0.4, -0.2) is 35.2 Å². The molecule has 0 aliphatic heterocycles. The van der Waals surface area contributed by atoms with E-state index in [1.54, 1.807) is 43.7 Å². The van der Waals surface area contributed by atoms with Crippen LogP contribution in [-0.2, 0) is 16.0 Å². The summed E-state index contributed by atoms with van der Waals surface area (Å²) in [6.07, 6.45) is 3.27. The number of rotatable bonds is 6. The summed E-state index contributed by atoms with van der Waals surface area (Å²) in [4.78, 5) is 27.3. The van der Waals surface area contributed by atoms with E-state index in [1.165, 1.54) is 6.20 Å². The Balaban J connectivity index is 2.45. The van der Waals surface area contributed by atoms with Crippen LogP contribution < -0.4 is 4.57 Å². The summed E-state index contributed by atoms with van der Waals surface area (Å²) < 4.78 is 11.8. The molecular weight excluding hydrogens is 312 g/mol. The van der Waals surface area contributed by atoms with Crippen molar-refractivity contribution in [1.82, 2.24) is 4.98 Å². The summed E-state index contributed by atoms with van der Waals surface area (Å²) in [6, 6.07) is 3.23. The Morgan fingerprint density at radius 1 is 1.21 bits per heavy atom. The van der Waals surface area contributed by atoms with E-state index in [-0.39, 0.29) is 31.2 Å². The lowest BCUT2D eigenvalue weighted by molar-refractivity contribution is -0.689. The molecule has 0 saturated carbocycles. The van der Waals surface area contributed by atoms with Crippen molar-refractivity contribution in [3.8, 4) is 5.75 Å². The van der Waals surface area contributed by atoms with Gasteiger partial charge in [0.05, 0.1) is 24.5 Å². The molecule has 7 heteroatoms. The van der Waals surface area contributed by atoms with E-state index in [1.807, 2.05) is 0 Å². The maximum absolute atomic E-state index is 12.3. The van der Waals surface area contributed by atoms with E-state index in [4.69, 9.17) is 9.47 Å². The zero-order valence-electron chi connectivity index (χ0n) is 14.0. The highest BCUT2D eigenvalue weighted by molar-refractivity contribution is 5.98. The fraction of sp³-hybridized carbons (Fsp3) is 0.353. The standard InChI is InChI=1S/C17H20N2O5/c1-4-23-16(21)14-11(3)15(17(22)24-5-2)18-13(14)10-19-8-6-7-12(20)9-19/h6-9H,4-5,10H2,1-3H3,(H-,18,20,21,22)/p+1. The molecule has 0 fully saturated rings. The van der Waals surface area contributed by atoms with Crippen molar-refractivity contribution in [2.75, 3.05) is 13.2 Å². The van der Waals surface area contributed by atoms with E-state index < -0.39 is 11.9 Å². The predicted molar refractivity (Wildman–Crippen MR) is 84.8 cm³/mol. The summed E-state index contributed by atoms with van der Waals surface area (Å²) in [6.45, 7) is 5.84. The first-order valence-corrected chi connectivity index (χ1v) is 7.71. The Labute approximate surface area is 139 Å². The Morgan fingerprint density at radius 3 is 2.50 bits per heavy atom. The molecule has 24 heavy (non-hydrogen) atoms. The molecule has 2 rings (SSSR count). The first kappa shape index (κ1) is 17.5. The molecule has 0 atom stereocenters. The Hall–Kier alpha value is -2.83. The minimum absolute atomic E-state index is 0.101. The monoisotopic (exact) mass is 333 g/mol. The van der Waals surface area contributed by atoms with Crippen molar-refractivity contribution in [3.05, 3.63) is 47.0 Å². The van der Waals surface area contributed by atoms with Gasteiger partial charge in [0.25, 0.3) is 0 Å². The number of hydrogen-bond acceptors (Lipinski definition) is 5. The maximum atomic E-state index is 12.3. The normalized spacial score (nSPS) is 10.5. The van der Waals surface area contributed by atoms with E-state index in [0.717, 1.165) is 0 Å². The van der Waals surface area contributed by atoms with Gasteiger partial charge in [0, 0.05) is 6.07 Å². The van der Waals surface area contributed by atoms with Crippen LogP contribution >= 0.6 is 0 Å². The van der Waals surface area contributed by atoms with Crippen LogP contribution in [0.4, 0.5) is 0 Å². The summed E-state index contributed by atoms with van der Waals surface area (Å²) in [7, 11) is 0. The number of nitrogens with zero attached hydrogens (tertiary/aromatic N) is 1. The van der Waals surface area contributed by atoms with Gasteiger partial charge in [0.2, 0.25) is 6.20 Å². The SMILES string of the molecule is CCOC(=O)c1[nH]c(C[n+]2cccc(O)c2)c(C(=O)OCC)c1C. The molecule has 2 N–H and O–H groups in total. The third-order valence-corrected chi connectivity index (χ3v) is 3.47. The summed E-state index contributed by atoms with van der Waals surface area (Å²) in [5, 5.41) is 9.58. The fourth-order valence-electron chi connectivity index (χ4n) is 2.45. The molecule has 0 amide bonds. The minimum atomic E-state index is -0.521. The van der Waals surface area contributed by atoms with Crippen molar-refractivity contribution in [3.63, 3.8) is 0 Å². The maximum Gasteiger partial charge on any atom is 0.355 e. The second kappa shape index (κ2) is 7.63. The zero-order chi connectivity index (χ0) is 17.7. The number of H-pyrrole nitrogens is 1. The number of carbonyl (C=O) groups is 2. The van der Waals surface area contributed by atoms with Gasteiger partial charge in [-0.05, 0) is 32.4 Å². The van der Waals surface area contributed by atoms with Gasteiger partial charge >= 0.3 is 11.9 Å². The molecule has 0 saturated heterocycles. The lowest BCUT2D eigenvalue weighted by Gasteiger charge is -2.04. The number of aromatic hydroxyl groups is 1. The quantitative estimate of drug-likeness (QED) is 0.620. The second-order valence-corrected chi connectivity index (χ2v) is 5.15. The van der Waals surface area contributed by atoms with Crippen LogP contribution in [0.15, 0.2) is 24.5 Å². The predicted octanol–water partition coefficient (Wildman–Crippen LogP) is 1.72. The molecule has 2 heterocycles. The minimum Gasteiger partial charge on any atom is -0.503 e. The van der Waals surface area contributed by atoms with Crippen LogP contribution in [0.2, 0.25) is 0 Å². The van der Waals surface area contributed by atoms with Crippen LogP contribution in [0, 0.1) is 6.92 Å². The van der Waals surface area contributed by atoms with Gasteiger partial charge in [-0.25, -0.2) is 9.59 Å². The second-order valence-electron chi connectivity index (χ2n) is 5.15. The van der Waals surface area contributed by atoms with Gasteiger partial charge in [-0.3, -0.25) is 0 Å². The summed E-state index contributed by atoms with van der Waals surface area (Å²) in [5.74, 6) is -0.922. The molecule has 0 radical (unpaired) electrons. The molecule has 7 nitrogen and oxygen atoms in total. The first-order chi connectivity index (χ1) is 11.5. The third kappa shape index (κ3) is 3.73. The average molecular weight is 333 g/mol. The van der Waals surface area contributed by atoms with Crippen molar-refractivity contribution in [2.45, 2.75) is 27.3 Å². The van der Waals surface area contributed by atoms with Gasteiger partial charge in [0.15, 0.2) is 18.5 Å². The number of aromatic amines is 1. The molecule has 0 spiro atoms. The lowest BCUT2D eigenvalue weighted by Crippen LogP contribution is -2.34. The van der Waals surface area contributed by atoms with E-state index in [0.29, 0.717) is 16.8 Å². The molecule has 0 aliphatic carbocycles. The van der Waals surface area contributed by atoms with Crippen LogP contribution in [0.3, 0.4) is 0 Å². The van der Waals surface area contributed by atoms with Gasteiger partial charge in [-0.1, -0.05) is 0 Å². The number of carbonyl (C=O) groups excluding carboxylic acids is 2. The van der Waals surface area contributed by atoms with Crippen molar-refractivity contribution < 1.29 is 28.7 Å². The van der Waals surface area contributed by atoms with Crippen molar-refractivity contribution in [1.29, 1.82) is 0 Å². The first-order valence-electron chi connectivity index (χ1n) is 7.71. The van der Waals surface area contributed by atoms with E-state index >= 15 is 0 Å². The number of pyridine rings is 1. The van der Waals surface area contributed by atoms with Crippen LogP contribution in [0.25, 0.3) is 0 Å². The van der Waals surface area contributed by atoms with Crippen LogP contribution in [0.5, 0.6) is 5.75 Å². The molecule has 2 aromatic rings. The number of aromatic nitrogens is 2. The number of hydrogen-bond donors (Lipinski definition) is 2. The van der Waals surface area contributed by atoms with Crippen molar-refractivity contribution in [2.24, 2.45) is 0 Å². The molecule has 0 unspecified atom stereocenters. The highest BCUT2D eigenvalue weighted by Crippen LogP contribution is 2.21. The Morgan fingerprint density at radius 2 is 1.88 bits per heavy atom. The third-order valence-electron chi connectivity index (χ3n) is 3.47. The van der Waals surface area contributed by atoms with Gasteiger partial charge in [0.1, 0.15) is 5.69 Å². The topological polar surface area (TPSA) is 92.5 Å². The highest BCUT2D eigenvalue weighted by atomic mass is 16.5. The molecule has 2 aromatic heterocycles. The summed E-state index contributed by atoms with van der Waals surface area (Å²) in [5.41, 5.74) is 1.55. The zero-order valence-corrected chi connectivity index (χ0v) is 14.0. The Kier molecular flexibility index (Phi) is 5.57.